The van der Waals surface area contributed by atoms with Crippen LogP contribution in [0, 0.1) is 5.82 Å². The van der Waals surface area contributed by atoms with Gasteiger partial charge in [-0.1, -0.05) is 23.7 Å². The van der Waals surface area contributed by atoms with Crippen LogP contribution in [-0.2, 0) is 6.54 Å². The van der Waals surface area contributed by atoms with Crippen LogP contribution in [0.5, 0.6) is 0 Å². The topological polar surface area (TPSA) is 75.1 Å². The van der Waals surface area contributed by atoms with Crippen molar-refractivity contribution in [2.45, 2.75) is 32.2 Å². The largest absolute Gasteiger partial charge is 0.367 e. The minimum Gasteiger partial charge on any atom is -0.367 e. The number of hydrogen-bond donors (Lipinski definition) is 2. The number of nitrogens with one attached hydrogen (secondary N) is 2. The van der Waals surface area contributed by atoms with E-state index in [1.165, 1.54) is 24.5 Å². The zero-order chi connectivity index (χ0) is 25.5. The van der Waals surface area contributed by atoms with Crippen LogP contribution in [0.3, 0.4) is 0 Å². The Bertz CT molecular complexity index is 1540. The first-order chi connectivity index (χ1) is 18.0. The molecule has 2 aliphatic rings. The van der Waals surface area contributed by atoms with E-state index in [0.717, 1.165) is 31.6 Å². The molecule has 4 aromatic rings. The number of fused-ring (bicyclic) bond motifs is 1. The summed E-state index contributed by atoms with van der Waals surface area (Å²) in [6.07, 6.45) is 4.06. The Kier molecular flexibility index (Phi) is 6.30. The zero-order valence-corrected chi connectivity index (χ0v) is 21.4. The molecule has 2 fully saturated rings. The maximum Gasteiger partial charge on any atom is 0.260 e. The highest BCUT2D eigenvalue weighted by atomic mass is 35.5. The molecule has 37 heavy (non-hydrogen) atoms. The van der Waals surface area contributed by atoms with E-state index in [4.69, 9.17) is 11.6 Å². The Morgan fingerprint density at radius 2 is 1.92 bits per heavy atom. The molecule has 0 unspecified atom stereocenters. The Labute approximate surface area is 219 Å². The Hall–Kier alpha value is -3.49. The molecular weight excluding hydrogens is 491 g/mol. The van der Waals surface area contributed by atoms with Crippen molar-refractivity contribution in [1.29, 1.82) is 0 Å². The van der Waals surface area contributed by atoms with Crippen molar-refractivity contribution in [3.05, 3.63) is 75.4 Å². The van der Waals surface area contributed by atoms with Crippen LogP contribution in [0.4, 0.5) is 21.7 Å². The molecule has 0 bridgehead atoms. The van der Waals surface area contributed by atoms with Crippen LogP contribution < -0.4 is 21.1 Å². The van der Waals surface area contributed by atoms with Crippen molar-refractivity contribution in [2.75, 3.05) is 36.4 Å². The average Bonchev–Trinajstić information content (AvgIpc) is 3.75. The Morgan fingerprint density at radius 3 is 2.62 bits per heavy atom. The van der Waals surface area contributed by atoms with Crippen LogP contribution >= 0.6 is 11.6 Å². The van der Waals surface area contributed by atoms with E-state index in [0.29, 0.717) is 51.6 Å². The monoisotopic (exact) mass is 518 g/mol. The van der Waals surface area contributed by atoms with E-state index in [9.17, 15) is 9.18 Å². The highest BCUT2D eigenvalue weighted by molar-refractivity contribution is 6.33. The van der Waals surface area contributed by atoms with Gasteiger partial charge in [-0.15, -0.1) is 0 Å². The smallest absolute Gasteiger partial charge is 0.260 e. The summed E-state index contributed by atoms with van der Waals surface area (Å²) in [7, 11) is 0. The first-order valence-electron chi connectivity index (χ1n) is 12.7. The van der Waals surface area contributed by atoms with Crippen LogP contribution in [0.15, 0.2) is 53.5 Å². The third-order valence-corrected chi connectivity index (χ3v) is 7.45. The minimum absolute atomic E-state index is 0.160. The molecule has 2 N–H and O–H groups in total. The average molecular weight is 519 g/mol. The van der Waals surface area contributed by atoms with Crippen LogP contribution in [0.25, 0.3) is 22.2 Å². The molecule has 0 spiro atoms. The molecule has 2 aromatic heterocycles. The van der Waals surface area contributed by atoms with E-state index in [-0.39, 0.29) is 11.4 Å². The molecule has 1 saturated heterocycles. The number of aromatic nitrogens is 3. The Morgan fingerprint density at radius 1 is 1.11 bits per heavy atom. The molecule has 190 valence electrons. The molecule has 0 amide bonds. The first-order valence-corrected chi connectivity index (χ1v) is 13.1. The van der Waals surface area contributed by atoms with Gasteiger partial charge in [-0.2, -0.15) is 4.98 Å². The fourth-order valence-corrected chi connectivity index (χ4v) is 5.29. The summed E-state index contributed by atoms with van der Waals surface area (Å²) >= 11 is 6.62. The van der Waals surface area contributed by atoms with E-state index >= 15 is 0 Å². The van der Waals surface area contributed by atoms with Gasteiger partial charge in [0.05, 0.1) is 5.69 Å². The summed E-state index contributed by atoms with van der Waals surface area (Å²) in [5, 5.41) is 7.67. The van der Waals surface area contributed by atoms with Gasteiger partial charge in [0.1, 0.15) is 11.5 Å². The van der Waals surface area contributed by atoms with Gasteiger partial charge in [-0.25, -0.2) is 9.37 Å². The van der Waals surface area contributed by atoms with Crippen molar-refractivity contribution in [3.63, 3.8) is 0 Å². The number of anilines is 3. The number of hydrogen-bond acceptors (Lipinski definition) is 6. The van der Waals surface area contributed by atoms with Crippen molar-refractivity contribution < 1.29 is 4.39 Å². The summed E-state index contributed by atoms with van der Waals surface area (Å²) in [5.41, 5.74) is 3.94. The summed E-state index contributed by atoms with van der Waals surface area (Å²) in [5.74, 6) is 0.580. The predicted octanol–water partition coefficient (Wildman–Crippen LogP) is 5.30. The number of nitrogens with zero attached hydrogens (tertiary/aromatic N) is 4. The molecule has 0 radical (unpaired) electrons. The highest BCUT2D eigenvalue weighted by Crippen LogP contribution is 2.42. The number of aryl methyl sites for hydroxylation is 1. The van der Waals surface area contributed by atoms with Gasteiger partial charge in [-0.05, 0) is 61.6 Å². The second-order valence-electron chi connectivity index (χ2n) is 9.62. The zero-order valence-electron chi connectivity index (χ0n) is 20.6. The number of rotatable bonds is 6. The number of halogens is 2. The summed E-state index contributed by atoms with van der Waals surface area (Å²) in [4.78, 5) is 24.6. The van der Waals surface area contributed by atoms with Gasteiger partial charge in [0.2, 0.25) is 5.95 Å². The summed E-state index contributed by atoms with van der Waals surface area (Å²) in [6.45, 7) is 5.55. The maximum absolute atomic E-state index is 14.9. The molecule has 7 nitrogen and oxygen atoms in total. The lowest BCUT2D eigenvalue weighted by Crippen LogP contribution is -2.43. The van der Waals surface area contributed by atoms with E-state index in [1.807, 2.05) is 30.0 Å². The van der Waals surface area contributed by atoms with Gasteiger partial charge in [0.25, 0.3) is 5.56 Å². The van der Waals surface area contributed by atoms with Crippen molar-refractivity contribution >= 4 is 40.0 Å². The Balaban J connectivity index is 1.32. The normalized spacial score (nSPS) is 15.8. The van der Waals surface area contributed by atoms with E-state index < -0.39 is 0 Å². The SMILES string of the molecule is CCn1c(=O)c(-c2ccc(C3CC3)cc2Cl)cc2cnc(Nc3ccc(N4CCNCC4)c(F)c3)nc21. The number of piperazine rings is 1. The van der Waals surface area contributed by atoms with Crippen LogP contribution in [0.2, 0.25) is 5.02 Å². The quantitative estimate of drug-likeness (QED) is 0.361. The number of benzene rings is 2. The lowest BCUT2D eigenvalue weighted by atomic mass is 10.0. The molecule has 3 heterocycles. The molecule has 9 heteroatoms. The maximum atomic E-state index is 14.9. The van der Waals surface area contributed by atoms with E-state index in [1.54, 1.807) is 22.9 Å². The van der Waals surface area contributed by atoms with Gasteiger partial charge in [0.15, 0.2) is 0 Å². The second-order valence-corrected chi connectivity index (χ2v) is 10.0. The molecule has 0 atom stereocenters. The fourth-order valence-electron chi connectivity index (χ4n) is 5.00. The third kappa shape index (κ3) is 4.67. The fraction of sp³-hybridized carbons (Fsp3) is 0.321. The van der Waals surface area contributed by atoms with Crippen molar-refractivity contribution in [1.82, 2.24) is 19.9 Å². The lowest BCUT2D eigenvalue weighted by molar-refractivity contribution is 0.566. The molecule has 1 aliphatic heterocycles. The van der Waals surface area contributed by atoms with Gasteiger partial charge in [-0.3, -0.25) is 9.36 Å². The minimum atomic E-state index is -0.299. The van der Waals surface area contributed by atoms with Crippen molar-refractivity contribution in [2.24, 2.45) is 0 Å². The van der Waals surface area contributed by atoms with Crippen LogP contribution in [-0.4, -0.2) is 40.7 Å². The second kappa shape index (κ2) is 9.76. The first kappa shape index (κ1) is 23.9. The standard InChI is InChI=1S/C28H28ClFN6O/c1-2-36-26-19(13-22(27(36)37)21-7-5-18(14-23(21)29)17-3-4-17)16-32-28(34-26)33-20-6-8-25(24(30)15-20)35-11-9-31-10-12-35/h5-8,13-17,31H,2-4,9-12H2,1H3,(H,32,33,34). The highest BCUT2D eigenvalue weighted by Gasteiger charge is 2.24. The molecule has 2 aromatic carbocycles. The molecule has 1 saturated carbocycles. The van der Waals surface area contributed by atoms with Gasteiger partial charge < -0.3 is 15.5 Å². The molecule has 1 aliphatic carbocycles. The van der Waals surface area contributed by atoms with Crippen LogP contribution in [0.1, 0.15) is 31.2 Å². The predicted molar refractivity (Wildman–Crippen MR) is 147 cm³/mol. The molecular formula is C28H28ClFN6O. The third-order valence-electron chi connectivity index (χ3n) is 7.14. The van der Waals surface area contributed by atoms with Gasteiger partial charge in [0, 0.05) is 66.1 Å². The number of pyridine rings is 1. The van der Waals surface area contributed by atoms with E-state index in [2.05, 4.69) is 26.7 Å². The van der Waals surface area contributed by atoms with Crippen molar-refractivity contribution in [3.8, 4) is 11.1 Å². The summed E-state index contributed by atoms with van der Waals surface area (Å²) in [6, 6.07) is 12.8. The van der Waals surface area contributed by atoms with Gasteiger partial charge >= 0.3 is 0 Å². The molecule has 6 rings (SSSR count). The summed E-state index contributed by atoms with van der Waals surface area (Å²) < 4.78 is 16.5. The lowest BCUT2D eigenvalue weighted by Gasteiger charge is -2.29.